The van der Waals surface area contributed by atoms with Crippen LogP contribution in [0, 0.1) is 20.8 Å². The molecule has 0 radical (unpaired) electrons. The predicted octanol–water partition coefficient (Wildman–Crippen LogP) is 3.44. The normalized spacial score (nSPS) is 11.8. The fourth-order valence-corrected chi connectivity index (χ4v) is 3.21. The Kier molecular flexibility index (Phi) is 4.96. The molecule has 3 aromatic heterocycles. The Labute approximate surface area is 174 Å². The molecule has 0 aliphatic heterocycles. The summed E-state index contributed by atoms with van der Waals surface area (Å²) < 4.78 is 42.0. The van der Waals surface area contributed by atoms with Gasteiger partial charge in [0.15, 0.2) is 5.82 Å². The molecule has 3 heterocycles. The van der Waals surface area contributed by atoms with Crippen LogP contribution < -0.4 is 5.32 Å². The molecule has 11 heteroatoms. The Bertz CT molecular complexity index is 1290. The number of nitrogens with one attached hydrogen (secondary N) is 1. The molecule has 0 spiro atoms. The lowest BCUT2D eigenvalue weighted by Crippen LogP contribution is -2.18. The molecule has 0 saturated carbocycles. The largest absolute Gasteiger partial charge is 0.416 e. The molecule has 0 atom stereocenters. The van der Waals surface area contributed by atoms with Gasteiger partial charge in [0, 0.05) is 17.5 Å². The second kappa shape index (κ2) is 7.49. The van der Waals surface area contributed by atoms with E-state index in [1.54, 1.807) is 17.5 Å². The molecule has 4 rings (SSSR count). The molecule has 0 aliphatic carbocycles. The third-order valence-corrected chi connectivity index (χ3v) is 4.50. The number of hydrogen-bond donors (Lipinski definition) is 1. The second-order valence-electron chi connectivity index (χ2n) is 7.13. The highest BCUT2D eigenvalue weighted by atomic mass is 19.4. The quantitative estimate of drug-likeness (QED) is 0.537. The molecular weight excluding hydrogens is 411 g/mol. The van der Waals surface area contributed by atoms with Crippen molar-refractivity contribution in [2.24, 2.45) is 0 Å². The fourth-order valence-electron chi connectivity index (χ4n) is 3.21. The first-order valence-corrected chi connectivity index (χ1v) is 9.34. The maximum Gasteiger partial charge on any atom is 0.416 e. The van der Waals surface area contributed by atoms with Crippen LogP contribution in [-0.2, 0) is 17.4 Å². The lowest BCUT2D eigenvalue weighted by atomic mass is 10.2. The van der Waals surface area contributed by atoms with Crippen LogP contribution in [0.25, 0.3) is 11.5 Å². The SMILES string of the molecule is Cc1cc(C)n2nc(CC(=O)Nc3cc(C)nn3-c3cccc(C(F)(F)F)c3)nc2n1. The van der Waals surface area contributed by atoms with E-state index in [2.05, 4.69) is 25.5 Å². The van der Waals surface area contributed by atoms with Gasteiger partial charge in [-0.15, -0.1) is 5.10 Å². The number of nitrogens with zero attached hydrogens (tertiary/aromatic N) is 6. The van der Waals surface area contributed by atoms with Crippen LogP contribution in [0.5, 0.6) is 0 Å². The Morgan fingerprint density at radius 3 is 2.55 bits per heavy atom. The van der Waals surface area contributed by atoms with Crippen LogP contribution in [0.3, 0.4) is 0 Å². The van der Waals surface area contributed by atoms with Crippen molar-refractivity contribution in [3.8, 4) is 5.69 Å². The lowest BCUT2D eigenvalue weighted by Gasteiger charge is -2.11. The number of anilines is 1. The molecule has 31 heavy (non-hydrogen) atoms. The molecule has 0 aliphatic rings. The number of halogens is 3. The third kappa shape index (κ3) is 4.25. The summed E-state index contributed by atoms with van der Waals surface area (Å²) in [6.07, 6.45) is -4.62. The van der Waals surface area contributed by atoms with Gasteiger partial charge in [0.1, 0.15) is 5.82 Å². The Balaban J connectivity index is 1.58. The molecule has 8 nitrogen and oxygen atoms in total. The van der Waals surface area contributed by atoms with E-state index in [1.165, 1.54) is 16.8 Å². The van der Waals surface area contributed by atoms with E-state index in [0.29, 0.717) is 11.5 Å². The maximum absolute atomic E-state index is 13.1. The van der Waals surface area contributed by atoms with Crippen LogP contribution in [0.1, 0.15) is 28.5 Å². The molecule has 0 fully saturated rings. The number of aromatic nitrogens is 6. The number of rotatable bonds is 4. The molecule has 1 amide bonds. The van der Waals surface area contributed by atoms with E-state index in [4.69, 9.17) is 0 Å². The number of hydrogen-bond acceptors (Lipinski definition) is 5. The Hall–Kier alpha value is -3.76. The summed E-state index contributed by atoms with van der Waals surface area (Å²) in [6, 6.07) is 8.15. The van der Waals surface area contributed by atoms with E-state index < -0.39 is 17.6 Å². The zero-order chi connectivity index (χ0) is 22.3. The van der Waals surface area contributed by atoms with Crippen LogP contribution in [0.2, 0.25) is 0 Å². The summed E-state index contributed by atoms with van der Waals surface area (Å²) in [5, 5.41) is 11.2. The molecule has 0 saturated heterocycles. The van der Waals surface area contributed by atoms with E-state index >= 15 is 0 Å². The summed E-state index contributed by atoms with van der Waals surface area (Å²) in [4.78, 5) is 21.1. The topological polar surface area (TPSA) is 90.0 Å². The van der Waals surface area contributed by atoms with Gasteiger partial charge < -0.3 is 5.32 Å². The number of carbonyl (C=O) groups excluding carboxylic acids is 1. The summed E-state index contributed by atoms with van der Waals surface area (Å²) in [6.45, 7) is 5.38. The average Bonchev–Trinajstić information content (AvgIpc) is 3.24. The first-order chi connectivity index (χ1) is 14.6. The van der Waals surface area contributed by atoms with Gasteiger partial charge in [0.05, 0.1) is 23.4 Å². The minimum Gasteiger partial charge on any atom is -0.310 e. The van der Waals surface area contributed by atoms with Gasteiger partial charge in [-0.2, -0.15) is 23.3 Å². The van der Waals surface area contributed by atoms with Crippen molar-refractivity contribution in [2.45, 2.75) is 33.4 Å². The van der Waals surface area contributed by atoms with Crippen molar-refractivity contribution in [3.63, 3.8) is 0 Å². The van der Waals surface area contributed by atoms with Crippen molar-refractivity contribution in [2.75, 3.05) is 5.32 Å². The second-order valence-corrected chi connectivity index (χ2v) is 7.13. The maximum atomic E-state index is 13.1. The van der Waals surface area contributed by atoms with Crippen molar-refractivity contribution in [1.82, 2.24) is 29.4 Å². The fraction of sp³-hybridized carbons (Fsp3) is 0.250. The minimum atomic E-state index is -4.49. The molecule has 160 valence electrons. The lowest BCUT2D eigenvalue weighted by molar-refractivity contribution is -0.137. The third-order valence-electron chi connectivity index (χ3n) is 4.50. The van der Waals surface area contributed by atoms with Gasteiger partial charge in [0.25, 0.3) is 5.78 Å². The summed E-state index contributed by atoms with van der Waals surface area (Å²) in [5.74, 6) is 0.486. The van der Waals surface area contributed by atoms with Crippen LogP contribution in [0.15, 0.2) is 36.4 Å². The van der Waals surface area contributed by atoms with E-state index in [9.17, 15) is 18.0 Å². The summed E-state index contributed by atoms with van der Waals surface area (Å²) in [7, 11) is 0. The van der Waals surface area contributed by atoms with E-state index in [1.807, 2.05) is 19.9 Å². The van der Waals surface area contributed by atoms with Gasteiger partial charge in [-0.05, 0) is 45.0 Å². The van der Waals surface area contributed by atoms with Crippen molar-refractivity contribution < 1.29 is 18.0 Å². The molecule has 0 unspecified atom stereocenters. The Morgan fingerprint density at radius 2 is 1.81 bits per heavy atom. The van der Waals surface area contributed by atoms with Crippen molar-refractivity contribution in [1.29, 1.82) is 0 Å². The van der Waals surface area contributed by atoms with Gasteiger partial charge in [-0.3, -0.25) is 4.79 Å². The van der Waals surface area contributed by atoms with Crippen molar-refractivity contribution in [3.05, 3.63) is 64.9 Å². The monoisotopic (exact) mass is 429 g/mol. The molecule has 4 aromatic rings. The van der Waals surface area contributed by atoms with Gasteiger partial charge in [0.2, 0.25) is 5.91 Å². The number of amides is 1. The van der Waals surface area contributed by atoms with E-state index in [0.717, 1.165) is 23.5 Å². The van der Waals surface area contributed by atoms with Crippen molar-refractivity contribution >= 4 is 17.5 Å². The number of benzene rings is 1. The number of carbonyl (C=O) groups is 1. The molecular formula is C20H18F3N7O. The summed E-state index contributed by atoms with van der Waals surface area (Å²) in [5.41, 5.74) is 1.53. The van der Waals surface area contributed by atoms with Gasteiger partial charge in [-0.1, -0.05) is 6.07 Å². The Morgan fingerprint density at radius 1 is 1.03 bits per heavy atom. The number of alkyl halides is 3. The van der Waals surface area contributed by atoms with Gasteiger partial charge >= 0.3 is 6.18 Å². The molecule has 1 aromatic carbocycles. The predicted molar refractivity (Wildman–Crippen MR) is 106 cm³/mol. The zero-order valence-electron chi connectivity index (χ0n) is 16.9. The minimum absolute atomic E-state index is 0.130. The highest BCUT2D eigenvalue weighted by molar-refractivity contribution is 5.91. The standard InChI is InChI=1S/C20H18F3N7O/c1-11-7-13(3)29-19(24-11)25-16(28-29)10-18(31)26-17-8-12(2)27-30(17)15-6-4-5-14(9-15)20(21,22)23/h4-9H,10H2,1-3H3,(H,26,31). The summed E-state index contributed by atoms with van der Waals surface area (Å²) >= 11 is 0. The number of fused-ring (bicyclic) bond motifs is 1. The first-order valence-electron chi connectivity index (χ1n) is 9.34. The first kappa shape index (κ1) is 20.5. The van der Waals surface area contributed by atoms with Crippen LogP contribution in [0.4, 0.5) is 19.0 Å². The highest BCUT2D eigenvalue weighted by Gasteiger charge is 2.30. The van der Waals surface area contributed by atoms with Crippen LogP contribution >= 0.6 is 0 Å². The number of aryl methyl sites for hydroxylation is 3. The molecule has 0 bridgehead atoms. The average molecular weight is 429 g/mol. The zero-order valence-corrected chi connectivity index (χ0v) is 16.9. The van der Waals surface area contributed by atoms with E-state index in [-0.39, 0.29) is 23.8 Å². The van der Waals surface area contributed by atoms with Crippen LogP contribution in [-0.4, -0.2) is 35.3 Å². The highest BCUT2D eigenvalue weighted by Crippen LogP contribution is 2.31. The van der Waals surface area contributed by atoms with Gasteiger partial charge in [-0.25, -0.2) is 14.2 Å². The smallest absolute Gasteiger partial charge is 0.310 e. The molecule has 1 N–H and O–H groups in total.